The molecule has 0 atom stereocenters. The maximum absolute atomic E-state index is 9.84. The molecule has 37 heavy (non-hydrogen) atoms. The zero-order chi connectivity index (χ0) is 25.0. The number of pyridine rings is 1. The molecule has 188 valence electrons. The zero-order valence-corrected chi connectivity index (χ0v) is 21.0. The van der Waals surface area contributed by atoms with E-state index in [1.54, 1.807) is 0 Å². The maximum atomic E-state index is 9.84. The van der Waals surface area contributed by atoms with Crippen LogP contribution >= 0.6 is 0 Å². The van der Waals surface area contributed by atoms with Crippen molar-refractivity contribution in [3.05, 3.63) is 82.7 Å². The Balaban J connectivity index is 1.22. The highest BCUT2D eigenvalue weighted by Gasteiger charge is 2.21. The summed E-state index contributed by atoms with van der Waals surface area (Å²) in [5.74, 6) is 0.650. The SMILES string of the molecule is N#Cc1cc(-c2ccnc3c2C=C(c2ccc(CN4CCOCC4)cc2)C3)ccc1OC1CCOCC1. The summed E-state index contributed by atoms with van der Waals surface area (Å²) in [6.45, 7) is 6.00. The Labute approximate surface area is 218 Å². The number of morpholine rings is 1. The van der Waals surface area contributed by atoms with Gasteiger partial charge in [0.15, 0.2) is 0 Å². The Kier molecular flexibility index (Phi) is 7.00. The molecule has 2 aliphatic heterocycles. The minimum absolute atomic E-state index is 0.0996. The Hall–Kier alpha value is -3.50. The number of hydrogen-bond acceptors (Lipinski definition) is 6. The van der Waals surface area contributed by atoms with Crippen molar-refractivity contribution >= 4 is 11.6 Å². The molecule has 1 aliphatic carbocycles. The maximum Gasteiger partial charge on any atom is 0.137 e. The van der Waals surface area contributed by atoms with Crippen LogP contribution in [0.4, 0.5) is 0 Å². The molecule has 0 bridgehead atoms. The molecule has 0 N–H and O–H groups in total. The molecular weight excluding hydrogens is 462 g/mol. The normalized spacial score (nSPS) is 18.2. The van der Waals surface area contributed by atoms with E-state index >= 15 is 0 Å². The van der Waals surface area contributed by atoms with Gasteiger partial charge in [-0.25, -0.2) is 0 Å². The van der Waals surface area contributed by atoms with Crippen LogP contribution in [0.3, 0.4) is 0 Å². The molecule has 6 nitrogen and oxygen atoms in total. The van der Waals surface area contributed by atoms with Crippen LogP contribution in [-0.2, 0) is 22.4 Å². The van der Waals surface area contributed by atoms with Gasteiger partial charge in [-0.05, 0) is 52.1 Å². The van der Waals surface area contributed by atoms with Crippen molar-refractivity contribution < 1.29 is 14.2 Å². The summed E-state index contributed by atoms with van der Waals surface area (Å²) in [6.07, 6.45) is 6.74. The van der Waals surface area contributed by atoms with Gasteiger partial charge in [-0.3, -0.25) is 9.88 Å². The van der Waals surface area contributed by atoms with Gasteiger partial charge in [-0.1, -0.05) is 30.3 Å². The second-order valence-electron chi connectivity index (χ2n) is 9.90. The number of fused-ring (bicyclic) bond motifs is 1. The lowest BCUT2D eigenvalue weighted by Crippen LogP contribution is -2.35. The highest BCUT2D eigenvalue weighted by Crippen LogP contribution is 2.38. The third kappa shape index (κ3) is 5.30. The van der Waals surface area contributed by atoms with Crippen LogP contribution in [0.15, 0.2) is 54.7 Å². The number of benzene rings is 2. The van der Waals surface area contributed by atoms with Crippen molar-refractivity contribution in [3.8, 4) is 22.9 Å². The predicted octanol–water partition coefficient (Wildman–Crippen LogP) is 5.11. The van der Waals surface area contributed by atoms with E-state index in [-0.39, 0.29) is 6.10 Å². The molecule has 3 heterocycles. The molecule has 2 saturated heterocycles. The number of ether oxygens (including phenoxy) is 3. The van der Waals surface area contributed by atoms with Crippen LogP contribution in [0.25, 0.3) is 22.8 Å². The number of nitrogens with zero attached hydrogens (tertiary/aromatic N) is 3. The lowest BCUT2D eigenvalue weighted by Gasteiger charge is -2.26. The van der Waals surface area contributed by atoms with E-state index < -0.39 is 0 Å². The second-order valence-corrected chi connectivity index (χ2v) is 9.90. The minimum atomic E-state index is 0.0996. The standard InChI is InChI=1S/C31H31N3O3/c32-20-26-17-24(5-6-31(26)37-27-8-13-35-14-9-27)28-7-10-33-30-19-25(18-29(28)30)23-3-1-22(2-4-23)21-34-11-15-36-16-12-34/h1-7,10,17-18,27H,8-9,11-16,19,21H2. The molecule has 6 rings (SSSR count). The fourth-order valence-electron chi connectivity index (χ4n) is 5.36. The molecule has 3 aromatic rings. The van der Waals surface area contributed by atoms with Gasteiger partial charge in [0.1, 0.15) is 17.9 Å². The molecule has 2 fully saturated rings. The number of allylic oxidation sites excluding steroid dienone is 1. The van der Waals surface area contributed by atoms with Crippen LogP contribution in [0, 0.1) is 11.3 Å². The summed E-state index contributed by atoms with van der Waals surface area (Å²) in [5, 5.41) is 9.84. The summed E-state index contributed by atoms with van der Waals surface area (Å²) in [7, 11) is 0. The summed E-state index contributed by atoms with van der Waals surface area (Å²) in [5.41, 5.74) is 8.70. The van der Waals surface area contributed by atoms with Crippen molar-refractivity contribution in [3.63, 3.8) is 0 Å². The fraction of sp³-hybridized carbons (Fsp3) is 0.355. The van der Waals surface area contributed by atoms with Crippen LogP contribution in [0.1, 0.15) is 40.8 Å². The van der Waals surface area contributed by atoms with Gasteiger partial charge >= 0.3 is 0 Å². The Bertz CT molecular complexity index is 1330. The molecule has 2 aromatic carbocycles. The van der Waals surface area contributed by atoms with Crippen molar-refractivity contribution in [2.45, 2.75) is 31.9 Å². The lowest BCUT2D eigenvalue weighted by molar-refractivity contribution is 0.0254. The van der Waals surface area contributed by atoms with Crippen LogP contribution in [0.5, 0.6) is 5.75 Å². The lowest BCUT2D eigenvalue weighted by atomic mass is 9.98. The molecule has 1 aromatic heterocycles. The van der Waals surface area contributed by atoms with Gasteiger partial charge in [-0.2, -0.15) is 5.26 Å². The quantitative estimate of drug-likeness (QED) is 0.476. The van der Waals surface area contributed by atoms with Crippen LogP contribution < -0.4 is 4.74 Å². The summed E-state index contributed by atoms with van der Waals surface area (Å²) in [6, 6.07) is 19.2. The van der Waals surface area contributed by atoms with Crippen LogP contribution in [0.2, 0.25) is 0 Å². The smallest absolute Gasteiger partial charge is 0.137 e. The van der Waals surface area contributed by atoms with Gasteiger partial charge in [0.2, 0.25) is 0 Å². The molecule has 0 unspecified atom stereocenters. The van der Waals surface area contributed by atoms with Gasteiger partial charge in [0.05, 0.1) is 37.7 Å². The first kappa shape index (κ1) is 23.9. The van der Waals surface area contributed by atoms with Gasteiger partial charge in [0.25, 0.3) is 0 Å². The summed E-state index contributed by atoms with van der Waals surface area (Å²) in [4.78, 5) is 7.12. The van der Waals surface area contributed by atoms with Crippen molar-refractivity contribution in [2.24, 2.45) is 0 Å². The first-order valence-electron chi connectivity index (χ1n) is 13.1. The fourth-order valence-corrected chi connectivity index (χ4v) is 5.36. The number of rotatable bonds is 6. The molecular formula is C31H31N3O3. The third-order valence-electron chi connectivity index (χ3n) is 7.46. The van der Waals surface area contributed by atoms with Gasteiger partial charge < -0.3 is 14.2 Å². The van der Waals surface area contributed by atoms with Crippen molar-refractivity contribution in [1.82, 2.24) is 9.88 Å². The first-order chi connectivity index (χ1) is 18.3. The van der Waals surface area contributed by atoms with Crippen molar-refractivity contribution in [1.29, 1.82) is 5.26 Å². The number of nitriles is 1. The Morgan fingerprint density at radius 1 is 0.946 bits per heavy atom. The van der Waals surface area contributed by atoms with E-state index in [4.69, 9.17) is 14.2 Å². The highest BCUT2D eigenvalue weighted by molar-refractivity contribution is 5.93. The van der Waals surface area contributed by atoms with Gasteiger partial charge in [-0.15, -0.1) is 0 Å². The molecule has 6 heteroatoms. The Morgan fingerprint density at radius 2 is 1.70 bits per heavy atom. The second kappa shape index (κ2) is 10.9. The monoisotopic (exact) mass is 493 g/mol. The number of aromatic nitrogens is 1. The largest absolute Gasteiger partial charge is 0.489 e. The predicted molar refractivity (Wildman–Crippen MR) is 143 cm³/mol. The average molecular weight is 494 g/mol. The van der Waals surface area contributed by atoms with Gasteiger partial charge in [0, 0.05) is 50.7 Å². The highest BCUT2D eigenvalue weighted by atomic mass is 16.5. The van der Waals surface area contributed by atoms with E-state index in [2.05, 4.69) is 52.4 Å². The van der Waals surface area contributed by atoms with E-state index in [9.17, 15) is 5.26 Å². The summed E-state index contributed by atoms with van der Waals surface area (Å²) >= 11 is 0. The molecule has 0 saturated carbocycles. The van der Waals surface area contributed by atoms with Crippen molar-refractivity contribution in [2.75, 3.05) is 39.5 Å². The molecule has 0 radical (unpaired) electrons. The van der Waals surface area contributed by atoms with E-state index in [0.29, 0.717) is 24.5 Å². The number of hydrogen-bond donors (Lipinski definition) is 0. The van der Waals surface area contributed by atoms with E-state index in [1.165, 1.54) is 16.7 Å². The average Bonchev–Trinajstić information content (AvgIpc) is 3.39. The molecule has 0 spiro atoms. The Morgan fingerprint density at radius 3 is 2.49 bits per heavy atom. The third-order valence-corrected chi connectivity index (χ3v) is 7.46. The van der Waals surface area contributed by atoms with E-state index in [0.717, 1.165) is 74.5 Å². The minimum Gasteiger partial charge on any atom is -0.489 e. The van der Waals surface area contributed by atoms with E-state index in [1.807, 2.05) is 24.4 Å². The van der Waals surface area contributed by atoms with Crippen LogP contribution in [-0.4, -0.2) is 55.5 Å². The first-order valence-corrected chi connectivity index (χ1v) is 13.1. The topological polar surface area (TPSA) is 67.6 Å². The zero-order valence-electron chi connectivity index (χ0n) is 21.0. The molecule has 0 amide bonds. The molecule has 3 aliphatic rings. The summed E-state index contributed by atoms with van der Waals surface area (Å²) < 4.78 is 17.1.